The largest absolute Gasteiger partial charge is 0.493 e. The van der Waals surface area contributed by atoms with Crippen LogP contribution in [-0.4, -0.2) is 31.7 Å². The predicted octanol–water partition coefficient (Wildman–Crippen LogP) is 0.983. The molecule has 20 heavy (non-hydrogen) atoms. The minimum absolute atomic E-state index is 0.0107. The lowest BCUT2D eigenvalue weighted by Crippen LogP contribution is -2.45. The second-order valence-corrected chi connectivity index (χ2v) is 4.72. The molecule has 1 aliphatic heterocycles. The van der Waals surface area contributed by atoms with Crippen LogP contribution in [0.15, 0.2) is 12.1 Å². The molecule has 7 heteroatoms. The number of benzene rings is 1. The van der Waals surface area contributed by atoms with Crippen molar-refractivity contribution in [2.24, 2.45) is 0 Å². The number of hydrogen-bond acceptors (Lipinski definition) is 4. The average molecular weight is 282 g/mol. The Morgan fingerprint density at radius 3 is 2.30 bits per heavy atom. The topological polar surface area (TPSA) is 76.7 Å². The van der Waals surface area contributed by atoms with Gasteiger partial charge in [-0.3, -0.25) is 10.1 Å². The first-order valence-electron chi connectivity index (χ1n) is 5.93. The van der Waals surface area contributed by atoms with Crippen molar-refractivity contribution < 1.29 is 23.5 Å². The minimum Gasteiger partial charge on any atom is -0.493 e. The number of nitrogens with one attached hydrogen (secondary N) is 2. The van der Waals surface area contributed by atoms with Gasteiger partial charge in [0.2, 0.25) is 0 Å². The Morgan fingerprint density at radius 1 is 1.20 bits per heavy atom. The molecule has 1 aromatic rings. The van der Waals surface area contributed by atoms with Crippen molar-refractivity contribution in [2.75, 3.05) is 14.2 Å². The van der Waals surface area contributed by atoms with Crippen molar-refractivity contribution in [1.82, 2.24) is 10.6 Å². The number of halogens is 1. The highest BCUT2D eigenvalue weighted by Crippen LogP contribution is 2.31. The highest BCUT2D eigenvalue weighted by Gasteiger charge is 2.42. The van der Waals surface area contributed by atoms with Crippen LogP contribution in [0.3, 0.4) is 0 Å². The van der Waals surface area contributed by atoms with Crippen LogP contribution in [0.1, 0.15) is 12.5 Å². The molecule has 0 aromatic heterocycles. The lowest BCUT2D eigenvalue weighted by Gasteiger charge is -2.21. The van der Waals surface area contributed by atoms with Crippen LogP contribution in [0.5, 0.6) is 11.5 Å². The molecule has 0 aliphatic carbocycles. The summed E-state index contributed by atoms with van der Waals surface area (Å²) in [5.41, 5.74) is -0.931. The average Bonchev–Trinajstić information content (AvgIpc) is 2.64. The van der Waals surface area contributed by atoms with Gasteiger partial charge in [0.05, 0.1) is 14.2 Å². The molecule has 108 valence electrons. The van der Waals surface area contributed by atoms with E-state index in [1.165, 1.54) is 33.3 Å². The Balaban J connectivity index is 2.34. The Labute approximate surface area is 115 Å². The number of ether oxygens (including phenoxy) is 2. The van der Waals surface area contributed by atoms with Crippen molar-refractivity contribution >= 4 is 11.9 Å². The molecule has 1 aliphatic rings. The summed E-state index contributed by atoms with van der Waals surface area (Å²) in [5.74, 6) is -0.398. The lowest BCUT2D eigenvalue weighted by atomic mass is 9.92. The lowest BCUT2D eigenvalue weighted by molar-refractivity contribution is -0.123. The van der Waals surface area contributed by atoms with Crippen LogP contribution in [0.4, 0.5) is 9.18 Å². The normalized spacial score (nSPS) is 21.4. The molecule has 3 amide bonds. The zero-order valence-corrected chi connectivity index (χ0v) is 11.4. The molecule has 0 bridgehead atoms. The van der Waals surface area contributed by atoms with Crippen LogP contribution in [0, 0.1) is 5.82 Å². The van der Waals surface area contributed by atoms with Crippen molar-refractivity contribution in [3.63, 3.8) is 0 Å². The third-order valence-corrected chi connectivity index (χ3v) is 3.21. The summed E-state index contributed by atoms with van der Waals surface area (Å²) in [5, 5.41) is 4.61. The Bertz CT molecular complexity index is 576. The van der Waals surface area contributed by atoms with E-state index in [0.29, 0.717) is 5.75 Å². The van der Waals surface area contributed by atoms with Crippen LogP contribution < -0.4 is 20.1 Å². The van der Waals surface area contributed by atoms with Gasteiger partial charge < -0.3 is 14.8 Å². The second kappa shape index (κ2) is 4.99. The number of amides is 3. The first-order valence-corrected chi connectivity index (χ1v) is 5.93. The van der Waals surface area contributed by atoms with Crippen LogP contribution in [-0.2, 0) is 11.2 Å². The molecule has 2 rings (SSSR count). The SMILES string of the molecule is COc1cc(F)c(CC2(C)NC(=O)NC2=O)cc1OC. The van der Waals surface area contributed by atoms with E-state index in [9.17, 15) is 14.0 Å². The van der Waals surface area contributed by atoms with Gasteiger partial charge in [0.25, 0.3) is 5.91 Å². The summed E-state index contributed by atoms with van der Waals surface area (Å²) in [6.45, 7) is 1.53. The number of rotatable bonds is 4. The minimum atomic E-state index is -1.18. The highest BCUT2D eigenvalue weighted by molar-refractivity contribution is 6.06. The van der Waals surface area contributed by atoms with E-state index >= 15 is 0 Å². The van der Waals surface area contributed by atoms with Crippen molar-refractivity contribution in [3.05, 3.63) is 23.5 Å². The number of imide groups is 1. The fraction of sp³-hybridized carbons (Fsp3) is 0.385. The Hall–Kier alpha value is -2.31. The Kier molecular flexibility index (Phi) is 3.52. The first kappa shape index (κ1) is 14.1. The molecule has 1 aromatic carbocycles. The number of carbonyl (C=O) groups excluding carboxylic acids is 2. The molecular formula is C13H15FN2O4. The Morgan fingerprint density at radius 2 is 1.80 bits per heavy atom. The zero-order valence-electron chi connectivity index (χ0n) is 11.4. The number of carbonyl (C=O) groups is 2. The quantitative estimate of drug-likeness (QED) is 0.807. The maximum absolute atomic E-state index is 14.0. The van der Waals surface area contributed by atoms with Gasteiger partial charge >= 0.3 is 6.03 Å². The summed E-state index contributed by atoms with van der Waals surface area (Å²) in [4.78, 5) is 22.9. The molecule has 1 fully saturated rings. The summed E-state index contributed by atoms with van der Waals surface area (Å²) in [6.07, 6.45) is 0.0107. The summed E-state index contributed by atoms with van der Waals surface area (Å²) < 4.78 is 24.1. The van der Waals surface area contributed by atoms with Crippen molar-refractivity contribution in [1.29, 1.82) is 0 Å². The van der Waals surface area contributed by atoms with E-state index in [4.69, 9.17) is 9.47 Å². The molecule has 1 unspecified atom stereocenters. The molecule has 0 spiro atoms. The third kappa shape index (κ3) is 2.38. The smallest absolute Gasteiger partial charge is 0.322 e. The molecule has 1 saturated heterocycles. The van der Waals surface area contributed by atoms with Gasteiger partial charge in [0.15, 0.2) is 11.5 Å². The first-order chi connectivity index (χ1) is 9.39. The molecular weight excluding hydrogens is 267 g/mol. The van der Waals surface area contributed by atoms with E-state index in [1.54, 1.807) is 0 Å². The second-order valence-electron chi connectivity index (χ2n) is 4.72. The van der Waals surface area contributed by atoms with Gasteiger partial charge in [-0.1, -0.05) is 0 Å². The highest BCUT2D eigenvalue weighted by atomic mass is 19.1. The van der Waals surface area contributed by atoms with E-state index in [-0.39, 0.29) is 17.7 Å². The van der Waals surface area contributed by atoms with Crippen LogP contribution in [0.2, 0.25) is 0 Å². The van der Waals surface area contributed by atoms with Crippen molar-refractivity contribution in [2.45, 2.75) is 18.9 Å². The van der Waals surface area contributed by atoms with Gasteiger partial charge in [-0.15, -0.1) is 0 Å². The molecule has 1 heterocycles. The van der Waals surface area contributed by atoms with Gasteiger partial charge in [0, 0.05) is 12.5 Å². The fourth-order valence-electron chi connectivity index (χ4n) is 2.12. The number of urea groups is 1. The maximum Gasteiger partial charge on any atom is 0.322 e. The van der Waals surface area contributed by atoms with Gasteiger partial charge in [-0.25, -0.2) is 9.18 Å². The fourth-order valence-corrected chi connectivity index (χ4v) is 2.12. The standard InChI is InChI=1S/C13H15FN2O4/c1-13(11(17)15-12(18)16-13)6-7-4-9(19-2)10(20-3)5-8(7)14/h4-5H,6H2,1-3H3,(H2,15,16,17,18). The summed E-state index contributed by atoms with van der Waals surface area (Å²) in [6, 6.07) is 2.06. The molecule has 0 saturated carbocycles. The van der Waals surface area contributed by atoms with E-state index in [1.807, 2.05) is 0 Å². The molecule has 0 radical (unpaired) electrons. The monoisotopic (exact) mass is 282 g/mol. The van der Waals surface area contributed by atoms with Crippen LogP contribution >= 0.6 is 0 Å². The van der Waals surface area contributed by atoms with Gasteiger partial charge in [0.1, 0.15) is 11.4 Å². The van der Waals surface area contributed by atoms with E-state index < -0.39 is 23.3 Å². The molecule has 6 nitrogen and oxygen atoms in total. The third-order valence-electron chi connectivity index (χ3n) is 3.21. The molecule has 1 atom stereocenters. The predicted molar refractivity (Wildman–Crippen MR) is 68.3 cm³/mol. The van der Waals surface area contributed by atoms with Crippen LogP contribution in [0.25, 0.3) is 0 Å². The summed E-state index contributed by atoms with van der Waals surface area (Å²) >= 11 is 0. The van der Waals surface area contributed by atoms with Gasteiger partial charge in [-0.2, -0.15) is 0 Å². The summed E-state index contributed by atoms with van der Waals surface area (Å²) in [7, 11) is 2.84. The van der Waals surface area contributed by atoms with Gasteiger partial charge in [-0.05, 0) is 18.6 Å². The van der Waals surface area contributed by atoms with Crippen molar-refractivity contribution in [3.8, 4) is 11.5 Å². The number of methoxy groups -OCH3 is 2. The van der Waals surface area contributed by atoms with E-state index in [0.717, 1.165) is 0 Å². The maximum atomic E-state index is 14.0. The number of hydrogen-bond donors (Lipinski definition) is 2. The van der Waals surface area contributed by atoms with E-state index in [2.05, 4.69) is 10.6 Å². The molecule has 2 N–H and O–H groups in total. The zero-order chi connectivity index (χ0) is 14.9.